The maximum absolute atomic E-state index is 5.95. The van der Waals surface area contributed by atoms with E-state index in [-0.39, 0.29) is 16.6 Å². The van der Waals surface area contributed by atoms with Gasteiger partial charge in [0.2, 0.25) is 0 Å². The van der Waals surface area contributed by atoms with E-state index in [1.54, 1.807) is 0 Å². The van der Waals surface area contributed by atoms with Crippen LogP contribution >= 0.6 is 0 Å². The summed E-state index contributed by atoms with van der Waals surface area (Å²) in [5.41, 5.74) is 3.40. The van der Waals surface area contributed by atoms with E-state index >= 15 is 0 Å². The third kappa shape index (κ3) is 2.61. The summed E-state index contributed by atoms with van der Waals surface area (Å²) in [7, 11) is 0. The van der Waals surface area contributed by atoms with Gasteiger partial charge in [-0.2, -0.15) is 0 Å². The van der Waals surface area contributed by atoms with Gasteiger partial charge in [0.1, 0.15) is 0 Å². The Labute approximate surface area is 135 Å². The summed E-state index contributed by atoms with van der Waals surface area (Å²) in [6.07, 6.45) is 5.42. The fourth-order valence-electron chi connectivity index (χ4n) is 4.40. The van der Waals surface area contributed by atoms with E-state index in [2.05, 4.69) is 52.0 Å². The number of ether oxygens (including phenoxy) is 2. The Balaban J connectivity index is 1.93. The van der Waals surface area contributed by atoms with Gasteiger partial charge in [0.05, 0.1) is 13.2 Å². The molecule has 22 heavy (non-hydrogen) atoms. The van der Waals surface area contributed by atoms with Gasteiger partial charge in [-0.1, -0.05) is 52.0 Å². The first-order valence-electron chi connectivity index (χ1n) is 8.78. The molecule has 1 aliphatic heterocycles. The van der Waals surface area contributed by atoms with Crippen molar-refractivity contribution in [2.24, 2.45) is 5.41 Å². The summed E-state index contributed by atoms with van der Waals surface area (Å²) in [5.74, 6) is -0.281. The Kier molecular flexibility index (Phi) is 4.11. The number of hydrogen-bond donors (Lipinski definition) is 0. The molecule has 3 rings (SSSR count). The minimum absolute atomic E-state index is 0.221. The van der Waals surface area contributed by atoms with E-state index in [1.165, 1.54) is 11.1 Å². The minimum Gasteiger partial charge on any atom is -0.348 e. The second-order valence-corrected chi connectivity index (χ2v) is 7.99. The molecule has 1 spiro atoms. The lowest BCUT2D eigenvalue weighted by Gasteiger charge is -2.51. The van der Waals surface area contributed by atoms with E-state index < -0.39 is 0 Å². The van der Waals surface area contributed by atoms with Crippen LogP contribution in [-0.4, -0.2) is 19.0 Å². The number of benzene rings is 1. The van der Waals surface area contributed by atoms with Gasteiger partial charge < -0.3 is 9.47 Å². The van der Waals surface area contributed by atoms with Gasteiger partial charge in [-0.25, -0.2) is 0 Å². The molecule has 1 heterocycles. The number of rotatable bonds is 2. The molecule has 0 aromatic heterocycles. The van der Waals surface area contributed by atoms with Crippen molar-refractivity contribution in [1.82, 2.24) is 0 Å². The molecule has 1 aliphatic carbocycles. The fraction of sp³-hybridized carbons (Fsp3) is 0.700. The highest BCUT2D eigenvalue weighted by molar-refractivity contribution is 5.33. The van der Waals surface area contributed by atoms with Crippen LogP contribution in [0.1, 0.15) is 64.5 Å². The molecule has 0 amide bonds. The van der Waals surface area contributed by atoms with Crippen LogP contribution in [0, 0.1) is 5.41 Å². The van der Waals surface area contributed by atoms with Gasteiger partial charge in [0, 0.05) is 18.3 Å². The molecule has 0 unspecified atom stereocenters. The molecule has 0 atom stereocenters. The minimum atomic E-state index is -0.281. The highest BCUT2D eigenvalue weighted by atomic mass is 16.7. The maximum atomic E-state index is 5.95. The summed E-state index contributed by atoms with van der Waals surface area (Å²) in [5, 5.41) is 0. The third-order valence-corrected chi connectivity index (χ3v) is 6.00. The predicted molar refractivity (Wildman–Crippen MR) is 90.1 cm³/mol. The van der Waals surface area contributed by atoms with Crippen molar-refractivity contribution in [3.63, 3.8) is 0 Å². The van der Waals surface area contributed by atoms with Gasteiger partial charge in [0.25, 0.3) is 0 Å². The zero-order valence-corrected chi connectivity index (χ0v) is 14.6. The second kappa shape index (κ2) is 5.65. The highest BCUT2D eigenvalue weighted by Crippen LogP contribution is 2.54. The van der Waals surface area contributed by atoms with Crippen molar-refractivity contribution in [2.75, 3.05) is 13.2 Å². The summed E-state index contributed by atoms with van der Waals surface area (Å²) in [4.78, 5) is 0. The van der Waals surface area contributed by atoms with Crippen LogP contribution in [0.4, 0.5) is 0 Å². The van der Waals surface area contributed by atoms with E-state index in [1.807, 2.05) is 0 Å². The molecule has 0 N–H and O–H groups in total. The quantitative estimate of drug-likeness (QED) is 0.777. The first-order chi connectivity index (χ1) is 10.4. The van der Waals surface area contributed by atoms with Gasteiger partial charge in [-0.15, -0.1) is 0 Å². The SMILES string of the molecule is CCc1cccc(C2(C(C)(C)C)CCC3(CC2)OCCO3)c1. The average Bonchev–Trinajstić information content (AvgIpc) is 2.95. The largest absolute Gasteiger partial charge is 0.348 e. The monoisotopic (exact) mass is 302 g/mol. The smallest absolute Gasteiger partial charge is 0.168 e. The molecule has 1 aromatic rings. The van der Waals surface area contributed by atoms with Crippen molar-refractivity contribution in [2.45, 2.75) is 71.0 Å². The Bertz CT molecular complexity index is 511. The molecule has 1 aromatic carbocycles. The van der Waals surface area contributed by atoms with Crippen LogP contribution < -0.4 is 0 Å². The van der Waals surface area contributed by atoms with Gasteiger partial charge in [0.15, 0.2) is 5.79 Å². The number of hydrogen-bond acceptors (Lipinski definition) is 2. The molecule has 2 fully saturated rings. The Hall–Kier alpha value is -0.860. The highest BCUT2D eigenvalue weighted by Gasteiger charge is 2.51. The summed E-state index contributed by atoms with van der Waals surface area (Å²) < 4.78 is 11.9. The molecule has 1 saturated carbocycles. The van der Waals surface area contributed by atoms with Crippen molar-refractivity contribution < 1.29 is 9.47 Å². The summed E-state index contributed by atoms with van der Waals surface area (Å²) in [6, 6.07) is 9.24. The van der Waals surface area contributed by atoms with Crippen molar-refractivity contribution in [1.29, 1.82) is 0 Å². The van der Waals surface area contributed by atoms with Crippen LogP contribution in [0.5, 0.6) is 0 Å². The fourth-order valence-corrected chi connectivity index (χ4v) is 4.40. The van der Waals surface area contributed by atoms with E-state index in [4.69, 9.17) is 9.47 Å². The van der Waals surface area contributed by atoms with Gasteiger partial charge in [-0.05, 0) is 35.8 Å². The summed E-state index contributed by atoms with van der Waals surface area (Å²) >= 11 is 0. The summed E-state index contributed by atoms with van der Waals surface area (Å²) in [6.45, 7) is 10.9. The maximum Gasteiger partial charge on any atom is 0.168 e. The molecule has 122 valence electrons. The first kappa shape index (κ1) is 16.0. The van der Waals surface area contributed by atoms with Crippen molar-refractivity contribution in [3.8, 4) is 0 Å². The van der Waals surface area contributed by atoms with Crippen LogP contribution in [0.25, 0.3) is 0 Å². The van der Waals surface area contributed by atoms with Gasteiger partial charge in [-0.3, -0.25) is 0 Å². The lowest BCUT2D eigenvalue weighted by Crippen LogP contribution is -2.48. The Morgan fingerprint density at radius 3 is 2.18 bits per heavy atom. The number of aryl methyl sites for hydroxylation is 1. The van der Waals surface area contributed by atoms with Crippen LogP contribution in [0.3, 0.4) is 0 Å². The van der Waals surface area contributed by atoms with Crippen LogP contribution in [-0.2, 0) is 21.3 Å². The van der Waals surface area contributed by atoms with Crippen LogP contribution in [0.15, 0.2) is 24.3 Å². The van der Waals surface area contributed by atoms with E-state index in [0.29, 0.717) is 0 Å². The van der Waals surface area contributed by atoms with E-state index in [9.17, 15) is 0 Å². The molecule has 2 nitrogen and oxygen atoms in total. The lowest BCUT2D eigenvalue weighted by molar-refractivity contribution is -0.191. The normalized spacial score (nSPS) is 23.8. The molecule has 0 bridgehead atoms. The third-order valence-electron chi connectivity index (χ3n) is 6.00. The van der Waals surface area contributed by atoms with Crippen molar-refractivity contribution in [3.05, 3.63) is 35.4 Å². The predicted octanol–water partition coefficient (Wildman–Crippen LogP) is 4.85. The molecule has 2 aliphatic rings. The topological polar surface area (TPSA) is 18.5 Å². The average molecular weight is 302 g/mol. The molecular formula is C20H30O2. The Morgan fingerprint density at radius 2 is 1.64 bits per heavy atom. The Morgan fingerprint density at radius 1 is 1.00 bits per heavy atom. The van der Waals surface area contributed by atoms with E-state index in [0.717, 1.165) is 45.3 Å². The first-order valence-corrected chi connectivity index (χ1v) is 8.78. The van der Waals surface area contributed by atoms with Crippen molar-refractivity contribution >= 4 is 0 Å². The molecule has 0 radical (unpaired) electrons. The van der Waals surface area contributed by atoms with Gasteiger partial charge >= 0.3 is 0 Å². The second-order valence-electron chi connectivity index (χ2n) is 7.99. The molecule has 2 heteroatoms. The molecular weight excluding hydrogens is 272 g/mol. The standard InChI is InChI=1S/C20H30O2/c1-5-16-7-6-8-17(15-16)19(18(2,3)4)9-11-20(12-10-19)21-13-14-22-20/h6-8,15H,5,9-14H2,1-4H3. The zero-order chi connectivity index (χ0) is 15.8. The molecule has 1 saturated heterocycles. The zero-order valence-electron chi connectivity index (χ0n) is 14.6. The lowest BCUT2D eigenvalue weighted by atomic mass is 9.55. The van der Waals surface area contributed by atoms with Crippen LogP contribution in [0.2, 0.25) is 0 Å².